The van der Waals surface area contributed by atoms with Crippen LogP contribution in [0.4, 0.5) is 37.2 Å². The van der Waals surface area contributed by atoms with E-state index in [0.29, 0.717) is 28.9 Å². The molecule has 0 spiro atoms. The van der Waals surface area contributed by atoms with Crippen LogP contribution in [-0.2, 0) is 0 Å². The number of aryl methyl sites for hydroxylation is 2. The van der Waals surface area contributed by atoms with Crippen LogP contribution in [0, 0.1) is 25.5 Å². The molecule has 0 fully saturated rings. The second-order valence-electron chi connectivity index (χ2n) is 20.2. The Balaban J connectivity index is 0.997. The highest BCUT2D eigenvalue weighted by Crippen LogP contribution is 2.46. The maximum atomic E-state index is 17.8. The van der Waals surface area contributed by atoms with Crippen LogP contribution in [0.3, 0.4) is 0 Å². The molecule has 0 saturated heterocycles. The molecule has 0 aliphatic heterocycles. The van der Waals surface area contributed by atoms with Gasteiger partial charge in [-0.1, -0.05) is 175 Å². The van der Waals surface area contributed by atoms with Crippen LogP contribution in [0.2, 0.25) is 0 Å². The minimum Gasteiger partial charge on any atom is -0.332 e. The van der Waals surface area contributed by atoms with Crippen molar-refractivity contribution < 1.29 is 8.78 Å². The third-order valence-corrected chi connectivity index (χ3v) is 16.6. The van der Waals surface area contributed by atoms with Gasteiger partial charge in [-0.3, -0.25) is 0 Å². The van der Waals surface area contributed by atoms with Crippen molar-refractivity contribution in [2.45, 2.75) is 51.5 Å². The summed E-state index contributed by atoms with van der Waals surface area (Å²) >= 11 is 1.80. The van der Waals surface area contributed by atoms with Gasteiger partial charge in [-0.05, 0) is 161 Å². The fourth-order valence-electron chi connectivity index (χ4n) is 11.6. The minimum atomic E-state index is -0.251. The van der Waals surface area contributed by atoms with Gasteiger partial charge in [-0.15, -0.1) is 11.3 Å². The third kappa shape index (κ3) is 8.51. The number of hydrogen-bond acceptors (Lipinski definition) is 3. The van der Waals surface area contributed by atoms with E-state index < -0.39 is 0 Å². The molecule has 75 heavy (non-hydrogen) atoms. The molecular weight excluding hydrogens is 939 g/mol. The Morgan fingerprint density at radius 1 is 0.533 bits per heavy atom. The molecule has 0 saturated carbocycles. The van der Waals surface area contributed by atoms with Crippen molar-refractivity contribution in [3.05, 3.63) is 262 Å². The van der Waals surface area contributed by atoms with Crippen molar-refractivity contribution in [1.82, 2.24) is 0 Å². The van der Waals surface area contributed by atoms with Crippen LogP contribution in [0.5, 0.6) is 0 Å². The molecule has 3 aliphatic rings. The zero-order chi connectivity index (χ0) is 50.6. The van der Waals surface area contributed by atoms with Crippen molar-refractivity contribution in [2.75, 3.05) is 9.80 Å². The number of benzene rings is 9. The van der Waals surface area contributed by atoms with Gasteiger partial charge in [0.15, 0.2) is 11.6 Å². The standard InChI is InChI=1S/C70H54F2N2S/c1-45-27-31-53(32-28-45)73(64-41-51(47-17-7-3-8-18-47)39-61(68(64)71)49-21-11-5-12-22-49)55-35-37-59-63(43-55)57-25-15-16-26-58(57)67-60-38-36-56(44-66(60)75-70(59)67)74(54-33-29-46(2)30-34-54)65-42-52(48-19-9-4-10-20-48)40-62(69(65)72)50-23-13-6-14-24-50/h3-7,9-17,19-21,23-35,37-44,49,56H,8,18,22,36H2,1-2H3/t49?,56-/m0/s1. The molecule has 1 unspecified atom stereocenters. The van der Waals surface area contributed by atoms with E-state index in [9.17, 15) is 0 Å². The summed E-state index contributed by atoms with van der Waals surface area (Å²) in [5.74, 6) is -0.529. The molecule has 0 radical (unpaired) electrons. The molecule has 10 aromatic rings. The van der Waals surface area contributed by atoms with Crippen molar-refractivity contribution in [3.63, 3.8) is 0 Å². The first-order chi connectivity index (χ1) is 36.8. The molecule has 2 nitrogen and oxygen atoms in total. The van der Waals surface area contributed by atoms with Crippen LogP contribution >= 0.6 is 11.3 Å². The number of nitrogens with zero attached hydrogens (tertiary/aromatic N) is 2. The Hall–Kier alpha value is -8.38. The lowest BCUT2D eigenvalue weighted by molar-refractivity contribution is 0.600. The summed E-state index contributed by atoms with van der Waals surface area (Å²) < 4.78 is 37.8. The number of anilines is 5. The summed E-state index contributed by atoms with van der Waals surface area (Å²) in [4.78, 5) is 4.34. The summed E-state index contributed by atoms with van der Waals surface area (Å²) in [6, 6.07) is 60.5. The van der Waals surface area contributed by atoms with E-state index in [2.05, 4.69) is 188 Å². The van der Waals surface area contributed by atoms with Gasteiger partial charge in [0.1, 0.15) is 0 Å². The molecule has 3 aliphatic carbocycles. The number of thiophene rings is 1. The van der Waals surface area contributed by atoms with E-state index in [1.165, 1.54) is 26.3 Å². The lowest BCUT2D eigenvalue weighted by Gasteiger charge is -2.33. The molecule has 9 aromatic carbocycles. The first-order valence-corrected chi connectivity index (χ1v) is 27.0. The Labute approximate surface area is 441 Å². The first-order valence-electron chi connectivity index (χ1n) is 26.1. The second-order valence-corrected chi connectivity index (χ2v) is 21.3. The van der Waals surface area contributed by atoms with Gasteiger partial charge in [0.05, 0.1) is 17.4 Å². The molecule has 1 aromatic heterocycles. The first kappa shape index (κ1) is 46.4. The number of hydrogen-bond donors (Lipinski definition) is 0. The van der Waals surface area contributed by atoms with Crippen LogP contribution in [0.25, 0.3) is 71.6 Å². The number of halogens is 2. The van der Waals surface area contributed by atoms with Crippen molar-refractivity contribution >= 4 is 89.1 Å². The Morgan fingerprint density at radius 3 is 1.95 bits per heavy atom. The van der Waals surface area contributed by atoms with E-state index in [1.54, 1.807) is 11.3 Å². The van der Waals surface area contributed by atoms with Gasteiger partial charge in [-0.25, -0.2) is 8.78 Å². The van der Waals surface area contributed by atoms with Gasteiger partial charge in [0.2, 0.25) is 0 Å². The zero-order valence-corrected chi connectivity index (χ0v) is 42.8. The predicted molar refractivity (Wildman–Crippen MR) is 315 cm³/mol. The van der Waals surface area contributed by atoms with Crippen LogP contribution < -0.4 is 19.6 Å². The Kier molecular flexibility index (Phi) is 12.1. The van der Waals surface area contributed by atoms with Crippen molar-refractivity contribution in [2.24, 2.45) is 0 Å². The SMILES string of the molecule is Cc1ccc(N(c2ccc3c(c2)c2ccccc2c2c4c(sc32)=C[C@@H](N(c2ccc(C)cc2)c2cc(-c3ccccc3)cc(-c3ccccc3)c2F)CC=4)c2cc(C3=CC=CCC3)cc(C3C=CC=CC3)c2F)cc1. The smallest absolute Gasteiger partial charge is 0.154 e. The fourth-order valence-corrected chi connectivity index (χ4v) is 12.9. The van der Waals surface area contributed by atoms with Gasteiger partial charge in [0, 0.05) is 48.5 Å². The predicted octanol–water partition coefficient (Wildman–Crippen LogP) is 18.4. The minimum absolute atomic E-state index is 0.0746. The topological polar surface area (TPSA) is 6.48 Å². The number of rotatable bonds is 10. The molecule has 0 amide bonds. The largest absolute Gasteiger partial charge is 0.332 e. The Bertz CT molecular complexity index is 4110. The number of allylic oxidation sites excluding steroid dienone is 8. The number of fused-ring (bicyclic) bond motifs is 8. The maximum Gasteiger partial charge on any atom is 0.154 e. The molecule has 1 heterocycles. The third-order valence-electron chi connectivity index (χ3n) is 15.4. The van der Waals surface area contributed by atoms with Gasteiger partial charge >= 0.3 is 0 Å². The highest BCUT2D eigenvalue weighted by atomic mass is 32.1. The second kappa shape index (κ2) is 19.5. The van der Waals surface area contributed by atoms with Crippen LogP contribution in [-0.4, -0.2) is 6.04 Å². The average Bonchev–Trinajstić information content (AvgIpc) is 3.87. The molecule has 0 bridgehead atoms. The summed E-state index contributed by atoms with van der Waals surface area (Å²) in [6.45, 7) is 4.18. The van der Waals surface area contributed by atoms with Gasteiger partial charge in [-0.2, -0.15) is 0 Å². The maximum absolute atomic E-state index is 17.8. The summed E-state index contributed by atoms with van der Waals surface area (Å²) in [5.41, 5.74) is 12.4. The van der Waals surface area contributed by atoms with E-state index in [0.717, 1.165) is 90.4 Å². The highest BCUT2D eigenvalue weighted by Gasteiger charge is 2.29. The molecule has 5 heteroatoms. The van der Waals surface area contributed by atoms with Crippen molar-refractivity contribution in [1.29, 1.82) is 0 Å². The van der Waals surface area contributed by atoms with E-state index >= 15 is 8.78 Å². The molecule has 364 valence electrons. The van der Waals surface area contributed by atoms with Gasteiger partial charge in [0.25, 0.3) is 0 Å². The molecule has 13 rings (SSSR count). The lowest BCUT2D eigenvalue weighted by Crippen LogP contribution is -2.36. The summed E-state index contributed by atoms with van der Waals surface area (Å²) in [7, 11) is 0. The lowest BCUT2D eigenvalue weighted by atomic mass is 9.87. The zero-order valence-electron chi connectivity index (χ0n) is 42.0. The summed E-state index contributed by atoms with van der Waals surface area (Å²) in [6.07, 6.45) is 22.9. The highest BCUT2D eigenvalue weighted by molar-refractivity contribution is 7.18. The van der Waals surface area contributed by atoms with E-state index in [-0.39, 0.29) is 23.6 Å². The molecular formula is C70H54F2N2S. The molecule has 0 N–H and O–H groups in total. The monoisotopic (exact) mass is 992 g/mol. The van der Waals surface area contributed by atoms with Gasteiger partial charge < -0.3 is 9.80 Å². The molecule has 2 atom stereocenters. The normalized spacial score (nSPS) is 15.9. The van der Waals surface area contributed by atoms with Crippen LogP contribution in [0.1, 0.15) is 53.9 Å². The quantitative estimate of drug-likeness (QED) is 0.126. The average molecular weight is 993 g/mol. The van der Waals surface area contributed by atoms with Crippen LogP contribution in [0.15, 0.2) is 218 Å². The van der Waals surface area contributed by atoms with Crippen molar-refractivity contribution in [3.8, 4) is 22.3 Å². The van der Waals surface area contributed by atoms with E-state index in [1.807, 2.05) is 66.7 Å². The fraction of sp³-hybridized carbons (Fsp3) is 0.114. The summed E-state index contributed by atoms with van der Waals surface area (Å²) in [5, 5.41) is 7.01. The Morgan fingerprint density at radius 2 is 1.23 bits per heavy atom. The van der Waals surface area contributed by atoms with E-state index in [4.69, 9.17) is 0 Å².